The van der Waals surface area contributed by atoms with Gasteiger partial charge in [0.05, 0.1) is 0 Å². The van der Waals surface area contributed by atoms with Crippen molar-refractivity contribution in [1.82, 2.24) is 4.90 Å². The molecule has 1 aliphatic carbocycles. The number of nitrogens with two attached hydrogens (primary N) is 1. The van der Waals surface area contributed by atoms with Crippen molar-refractivity contribution in [3.63, 3.8) is 0 Å². The van der Waals surface area contributed by atoms with Crippen LogP contribution >= 0.6 is 0 Å². The van der Waals surface area contributed by atoms with Crippen molar-refractivity contribution in [2.24, 2.45) is 23.5 Å². The molecule has 100 valence electrons. The molecule has 0 aromatic rings. The molecule has 2 rings (SSSR count). The highest BCUT2D eigenvalue weighted by atomic mass is 15.2. The van der Waals surface area contributed by atoms with Crippen LogP contribution in [0.1, 0.15) is 52.9 Å². The van der Waals surface area contributed by atoms with Crippen LogP contribution in [0.15, 0.2) is 0 Å². The first-order chi connectivity index (χ1) is 8.08. The maximum absolute atomic E-state index is 6.21. The van der Waals surface area contributed by atoms with E-state index in [0.717, 1.165) is 24.3 Å². The summed E-state index contributed by atoms with van der Waals surface area (Å²) >= 11 is 0. The van der Waals surface area contributed by atoms with Gasteiger partial charge in [-0.05, 0) is 56.5 Å². The van der Waals surface area contributed by atoms with Gasteiger partial charge in [-0.3, -0.25) is 4.90 Å². The third-order valence-electron chi connectivity index (χ3n) is 5.48. The van der Waals surface area contributed by atoms with Crippen LogP contribution in [0.5, 0.6) is 0 Å². The van der Waals surface area contributed by atoms with E-state index in [1.807, 2.05) is 0 Å². The van der Waals surface area contributed by atoms with Gasteiger partial charge in [-0.25, -0.2) is 0 Å². The van der Waals surface area contributed by atoms with Crippen molar-refractivity contribution in [3.8, 4) is 0 Å². The molecule has 0 radical (unpaired) electrons. The summed E-state index contributed by atoms with van der Waals surface area (Å²) in [6, 6.07) is 0. The zero-order valence-electron chi connectivity index (χ0n) is 11.9. The van der Waals surface area contributed by atoms with E-state index in [9.17, 15) is 0 Å². The molecule has 1 saturated carbocycles. The zero-order chi connectivity index (χ0) is 12.5. The Balaban J connectivity index is 2.11. The maximum Gasteiger partial charge on any atom is 0.0359 e. The first-order valence-electron chi connectivity index (χ1n) is 7.53. The molecule has 17 heavy (non-hydrogen) atoms. The highest BCUT2D eigenvalue weighted by Crippen LogP contribution is 2.41. The number of hydrogen-bond donors (Lipinski definition) is 1. The van der Waals surface area contributed by atoms with E-state index in [4.69, 9.17) is 5.73 Å². The van der Waals surface area contributed by atoms with Crippen LogP contribution in [0.3, 0.4) is 0 Å². The molecule has 2 nitrogen and oxygen atoms in total. The van der Waals surface area contributed by atoms with E-state index in [2.05, 4.69) is 25.7 Å². The van der Waals surface area contributed by atoms with Gasteiger partial charge < -0.3 is 5.73 Å². The topological polar surface area (TPSA) is 29.3 Å². The maximum atomic E-state index is 6.21. The second-order valence-corrected chi connectivity index (χ2v) is 6.76. The largest absolute Gasteiger partial charge is 0.329 e. The summed E-state index contributed by atoms with van der Waals surface area (Å²) in [7, 11) is 0. The van der Waals surface area contributed by atoms with Crippen LogP contribution in [0.2, 0.25) is 0 Å². The summed E-state index contributed by atoms with van der Waals surface area (Å²) in [6.45, 7) is 10.6. The Hall–Kier alpha value is -0.0800. The first kappa shape index (κ1) is 13.4. The SMILES string of the molecule is CC1CCN(C2(CN)CC(C)CCC2C)CC1. The molecule has 0 amide bonds. The van der Waals surface area contributed by atoms with Gasteiger partial charge in [0.25, 0.3) is 0 Å². The van der Waals surface area contributed by atoms with E-state index >= 15 is 0 Å². The molecule has 0 aromatic carbocycles. The van der Waals surface area contributed by atoms with Crippen LogP contribution in [0.4, 0.5) is 0 Å². The van der Waals surface area contributed by atoms with Gasteiger partial charge in [-0.15, -0.1) is 0 Å². The van der Waals surface area contributed by atoms with Crippen LogP contribution in [0.25, 0.3) is 0 Å². The summed E-state index contributed by atoms with van der Waals surface area (Å²) < 4.78 is 0. The lowest BCUT2D eigenvalue weighted by atomic mass is 9.68. The Morgan fingerprint density at radius 1 is 1.00 bits per heavy atom. The third kappa shape index (κ3) is 2.53. The monoisotopic (exact) mass is 238 g/mol. The summed E-state index contributed by atoms with van der Waals surface area (Å²) in [5, 5.41) is 0. The number of piperidine rings is 1. The minimum absolute atomic E-state index is 0.317. The van der Waals surface area contributed by atoms with Crippen molar-refractivity contribution in [2.45, 2.75) is 58.4 Å². The van der Waals surface area contributed by atoms with Crippen LogP contribution in [0, 0.1) is 17.8 Å². The van der Waals surface area contributed by atoms with Gasteiger partial charge in [-0.1, -0.05) is 27.2 Å². The van der Waals surface area contributed by atoms with Gasteiger partial charge >= 0.3 is 0 Å². The number of rotatable bonds is 2. The molecule has 0 aromatic heterocycles. The Labute approximate surface area is 107 Å². The van der Waals surface area contributed by atoms with Crippen LogP contribution in [-0.2, 0) is 0 Å². The van der Waals surface area contributed by atoms with Crippen molar-refractivity contribution in [3.05, 3.63) is 0 Å². The molecule has 2 aliphatic rings. The lowest BCUT2D eigenvalue weighted by Gasteiger charge is -2.53. The Bertz CT molecular complexity index is 245. The van der Waals surface area contributed by atoms with Gasteiger partial charge in [-0.2, -0.15) is 0 Å². The molecule has 1 saturated heterocycles. The lowest BCUT2D eigenvalue weighted by Crippen LogP contribution is -2.62. The standard InChI is InChI=1S/C15H30N2/c1-12-6-8-17(9-7-12)15(11-16)10-13(2)4-5-14(15)3/h12-14H,4-11,16H2,1-3H3. The molecule has 2 heteroatoms. The Morgan fingerprint density at radius 3 is 2.24 bits per heavy atom. The Kier molecular flexibility index (Phi) is 4.14. The minimum Gasteiger partial charge on any atom is -0.329 e. The highest BCUT2D eigenvalue weighted by Gasteiger charge is 2.44. The fourth-order valence-corrected chi connectivity index (χ4v) is 4.02. The molecule has 2 N–H and O–H groups in total. The van der Waals surface area contributed by atoms with Crippen molar-refractivity contribution < 1.29 is 0 Å². The molecular formula is C15H30N2. The van der Waals surface area contributed by atoms with Crippen LogP contribution < -0.4 is 5.73 Å². The summed E-state index contributed by atoms with van der Waals surface area (Å²) in [4.78, 5) is 2.74. The van der Waals surface area contributed by atoms with Gasteiger partial charge in [0, 0.05) is 12.1 Å². The average Bonchev–Trinajstić information content (AvgIpc) is 2.33. The Morgan fingerprint density at radius 2 is 1.65 bits per heavy atom. The third-order valence-corrected chi connectivity index (χ3v) is 5.48. The number of hydrogen-bond acceptors (Lipinski definition) is 2. The van der Waals surface area contributed by atoms with E-state index in [0.29, 0.717) is 5.54 Å². The summed E-state index contributed by atoms with van der Waals surface area (Å²) in [5.41, 5.74) is 6.53. The normalized spacial score (nSPS) is 41.6. The molecule has 3 unspecified atom stereocenters. The molecule has 3 atom stereocenters. The molecule has 0 bridgehead atoms. The highest BCUT2D eigenvalue weighted by molar-refractivity contribution is 5.00. The second kappa shape index (κ2) is 5.27. The number of nitrogens with zero attached hydrogens (tertiary/aromatic N) is 1. The van der Waals surface area contributed by atoms with E-state index in [1.165, 1.54) is 45.2 Å². The minimum atomic E-state index is 0.317. The summed E-state index contributed by atoms with van der Waals surface area (Å²) in [6.07, 6.45) is 6.81. The smallest absolute Gasteiger partial charge is 0.0359 e. The first-order valence-corrected chi connectivity index (χ1v) is 7.53. The molecule has 1 aliphatic heterocycles. The average molecular weight is 238 g/mol. The van der Waals surface area contributed by atoms with Gasteiger partial charge in [0.15, 0.2) is 0 Å². The van der Waals surface area contributed by atoms with Crippen LogP contribution in [-0.4, -0.2) is 30.1 Å². The lowest BCUT2D eigenvalue weighted by molar-refractivity contribution is -0.0224. The molecule has 0 spiro atoms. The quantitative estimate of drug-likeness (QED) is 0.801. The van der Waals surface area contributed by atoms with Crippen molar-refractivity contribution in [1.29, 1.82) is 0 Å². The molecule has 2 fully saturated rings. The predicted molar refractivity (Wildman–Crippen MR) is 73.9 cm³/mol. The fraction of sp³-hybridized carbons (Fsp3) is 1.00. The fourth-order valence-electron chi connectivity index (χ4n) is 4.02. The molecule has 1 heterocycles. The van der Waals surface area contributed by atoms with Crippen molar-refractivity contribution >= 4 is 0 Å². The van der Waals surface area contributed by atoms with E-state index in [1.54, 1.807) is 0 Å². The van der Waals surface area contributed by atoms with E-state index < -0.39 is 0 Å². The van der Waals surface area contributed by atoms with E-state index in [-0.39, 0.29) is 0 Å². The molecular weight excluding hydrogens is 208 g/mol. The van der Waals surface area contributed by atoms with Gasteiger partial charge in [0.1, 0.15) is 0 Å². The van der Waals surface area contributed by atoms with Gasteiger partial charge in [0.2, 0.25) is 0 Å². The predicted octanol–water partition coefficient (Wildman–Crippen LogP) is 2.87. The summed E-state index contributed by atoms with van der Waals surface area (Å²) in [5.74, 6) is 2.55. The zero-order valence-corrected chi connectivity index (χ0v) is 11.9. The second-order valence-electron chi connectivity index (χ2n) is 6.76. The number of likely N-dealkylation sites (tertiary alicyclic amines) is 1. The van der Waals surface area contributed by atoms with Crippen molar-refractivity contribution in [2.75, 3.05) is 19.6 Å².